The SMILES string of the molecule is Cc1cc(O)ccc1Nc1ccnc2ccc3c(c12)CCS3(=O)=O. The van der Waals surface area contributed by atoms with Crippen LogP contribution in [0, 0.1) is 6.92 Å². The molecular weight excluding hydrogens is 324 g/mol. The number of anilines is 2. The summed E-state index contributed by atoms with van der Waals surface area (Å²) in [6, 6.07) is 10.4. The number of phenolic OH excluding ortho intramolecular Hbond substituents is 1. The number of rotatable bonds is 2. The van der Waals surface area contributed by atoms with E-state index in [9.17, 15) is 13.5 Å². The molecule has 24 heavy (non-hydrogen) atoms. The minimum Gasteiger partial charge on any atom is -0.508 e. The quantitative estimate of drug-likeness (QED) is 0.700. The van der Waals surface area contributed by atoms with E-state index in [2.05, 4.69) is 10.3 Å². The molecule has 0 amide bonds. The number of pyridine rings is 1. The van der Waals surface area contributed by atoms with E-state index in [0.717, 1.165) is 33.4 Å². The number of phenols is 1. The summed E-state index contributed by atoms with van der Waals surface area (Å²) in [5.41, 5.74) is 4.19. The smallest absolute Gasteiger partial charge is 0.179 e. The number of aromatic nitrogens is 1. The lowest BCUT2D eigenvalue weighted by Crippen LogP contribution is -1.99. The Morgan fingerprint density at radius 1 is 1.12 bits per heavy atom. The van der Waals surface area contributed by atoms with Gasteiger partial charge in [0.1, 0.15) is 5.75 Å². The number of benzene rings is 2. The molecule has 2 heterocycles. The van der Waals surface area contributed by atoms with E-state index in [1.165, 1.54) is 0 Å². The number of aromatic hydroxyl groups is 1. The molecule has 3 aromatic rings. The molecule has 4 rings (SSSR count). The molecule has 1 aliphatic rings. The molecule has 1 aromatic heterocycles. The van der Waals surface area contributed by atoms with Crippen LogP contribution in [-0.4, -0.2) is 24.3 Å². The van der Waals surface area contributed by atoms with E-state index in [4.69, 9.17) is 0 Å². The van der Waals surface area contributed by atoms with Crippen molar-refractivity contribution in [3.8, 4) is 5.75 Å². The van der Waals surface area contributed by atoms with Gasteiger partial charge in [-0.05, 0) is 60.9 Å². The third-order valence-electron chi connectivity index (χ3n) is 4.41. The molecule has 0 spiro atoms. The number of aryl methyl sites for hydroxylation is 2. The summed E-state index contributed by atoms with van der Waals surface area (Å²) in [4.78, 5) is 4.78. The predicted octanol–water partition coefficient (Wildman–Crippen LogP) is 3.32. The van der Waals surface area contributed by atoms with Crippen LogP contribution in [0.15, 0.2) is 47.5 Å². The van der Waals surface area contributed by atoms with Crippen molar-refractivity contribution in [3.05, 3.63) is 53.7 Å². The molecule has 0 radical (unpaired) electrons. The number of nitrogens with zero attached hydrogens (tertiary/aromatic N) is 1. The van der Waals surface area contributed by atoms with Gasteiger partial charge in [0.25, 0.3) is 0 Å². The van der Waals surface area contributed by atoms with Crippen LogP contribution in [0.4, 0.5) is 11.4 Å². The van der Waals surface area contributed by atoms with Crippen LogP contribution in [0.3, 0.4) is 0 Å². The summed E-state index contributed by atoms with van der Waals surface area (Å²) >= 11 is 0. The Bertz CT molecular complexity index is 1080. The fourth-order valence-electron chi connectivity index (χ4n) is 3.22. The second-order valence-electron chi connectivity index (χ2n) is 5.99. The summed E-state index contributed by atoms with van der Waals surface area (Å²) < 4.78 is 24.4. The number of nitrogens with one attached hydrogen (secondary N) is 1. The molecule has 0 saturated carbocycles. The minimum atomic E-state index is -3.19. The maximum absolute atomic E-state index is 12.2. The molecule has 5 nitrogen and oxygen atoms in total. The average molecular weight is 340 g/mol. The number of hydrogen-bond donors (Lipinski definition) is 2. The standard InChI is InChI=1S/C18H16N2O3S/c1-11-10-12(21)2-3-14(11)20-16-6-8-19-15-4-5-17-13(18(15)16)7-9-24(17,22)23/h2-6,8,10,21H,7,9H2,1H3,(H,19,20). The zero-order valence-electron chi connectivity index (χ0n) is 13.1. The van der Waals surface area contributed by atoms with Gasteiger partial charge in [-0.2, -0.15) is 0 Å². The Morgan fingerprint density at radius 2 is 1.96 bits per heavy atom. The van der Waals surface area contributed by atoms with Crippen molar-refractivity contribution < 1.29 is 13.5 Å². The Morgan fingerprint density at radius 3 is 2.75 bits per heavy atom. The summed E-state index contributed by atoms with van der Waals surface area (Å²) in [7, 11) is -3.19. The third kappa shape index (κ3) is 2.30. The summed E-state index contributed by atoms with van der Waals surface area (Å²) in [5.74, 6) is 0.359. The van der Waals surface area contributed by atoms with Crippen molar-refractivity contribution in [3.63, 3.8) is 0 Å². The van der Waals surface area contributed by atoms with Crippen LogP contribution in [0.1, 0.15) is 11.1 Å². The van der Waals surface area contributed by atoms with Crippen LogP contribution >= 0.6 is 0 Å². The van der Waals surface area contributed by atoms with Gasteiger partial charge in [0.2, 0.25) is 0 Å². The monoisotopic (exact) mass is 340 g/mol. The van der Waals surface area contributed by atoms with Crippen molar-refractivity contribution in [2.75, 3.05) is 11.1 Å². The molecule has 1 aliphatic heterocycles. The van der Waals surface area contributed by atoms with Crippen molar-refractivity contribution in [1.29, 1.82) is 0 Å². The maximum Gasteiger partial charge on any atom is 0.179 e. The highest BCUT2D eigenvalue weighted by Crippen LogP contribution is 2.37. The second-order valence-corrected chi connectivity index (χ2v) is 8.07. The summed E-state index contributed by atoms with van der Waals surface area (Å²) in [6.45, 7) is 1.90. The number of sulfone groups is 1. The van der Waals surface area contributed by atoms with E-state index in [1.807, 2.05) is 13.0 Å². The van der Waals surface area contributed by atoms with E-state index < -0.39 is 9.84 Å². The lowest BCUT2D eigenvalue weighted by molar-refractivity contribution is 0.475. The second kappa shape index (κ2) is 5.21. The van der Waals surface area contributed by atoms with Crippen molar-refractivity contribution in [2.24, 2.45) is 0 Å². The van der Waals surface area contributed by atoms with E-state index in [1.54, 1.807) is 36.5 Å². The molecule has 2 N–H and O–H groups in total. The van der Waals surface area contributed by atoms with E-state index in [0.29, 0.717) is 11.3 Å². The first-order valence-corrected chi connectivity index (χ1v) is 9.31. The van der Waals surface area contributed by atoms with Gasteiger partial charge in [-0.25, -0.2) is 8.42 Å². The zero-order valence-corrected chi connectivity index (χ0v) is 13.9. The Hall–Kier alpha value is -2.60. The average Bonchev–Trinajstić information content (AvgIpc) is 2.85. The Balaban J connectivity index is 1.92. The van der Waals surface area contributed by atoms with Gasteiger partial charge in [0, 0.05) is 23.0 Å². The van der Waals surface area contributed by atoms with Gasteiger partial charge < -0.3 is 10.4 Å². The highest BCUT2D eigenvalue weighted by atomic mass is 32.2. The van der Waals surface area contributed by atoms with Gasteiger partial charge in [-0.3, -0.25) is 4.98 Å². The molecule has 0 bridgehead atoms. The molecule has 6 heteroatoms. The van der Waals surface area contributed by atoms with Crippen molar-refractivity contribution >= 4 is 32.1 Å². The largest absolute Gasteiger partial charge is 0.508 e. The number of hydrogen-bond acceptors (Lipinski definition) is 5. The number of fused-ring (bicyclic) bond motifs is 3. The van der Waals surface area contributed by atoms with Crippen LogP contribution in [-0.2, 0) is 16.3 Å². The highest BCUT2D eigenvalue weighted by Gasteiger charge is 2.28. The molecule has 0 aliphatic carbocycles. The third-order valence-corrected chi connectivity index (χ3v) is 6.20. The lowest BCUT2D eigenvalue weighted by atomic mass is 10.0. The summed E-state index contributed by atoms with van der Waals surface area (Å²) in [6.07, 6.45) is 2.21. The minimum absolute atomic E-state index is 0.147. The normalized spacial score (nSPS) is 15.4. The lowest BCUT2D eigenvalue weighted by Gasteiger charge is -2.14. The van der Waals surface area contributed by atoms with Crippen LogP contribution in [0.5, 0.6) is 5.75 Å². The van der Waals surface area contributed by atoms with E-state index >= 15 is 0 Å². The first-order chi connectivity index (χ1) is 11.5. The van der Waals surface area contributed by atoms with Gasteiger partial charge in [0.15, 0.2) is 9.84 Å². The molecule has 0 atom stereocenters. The summed E-state index contributed by atoms with van der Waals surface area (Å²) in [5, 5.41) is 13.8. The molecule has 122 valence electrons. The molecule has 2 aromatic carbocycles. The van der Waals surface area contributed by atoms with Gasteiger partial charge in [0.05, 0.1) is 16.2 Å². The molecule has 0 fully saturated rings. The fourth-order valence-corrected chi connectivity index (χ4v) is 4.77. The Labute approximate surface area is 139 Å². The topological polar surface area (TPSA) is 79.3 Å². The maximum atomic E-state index is 12.2. The fraction of sp³-hybridized carbons (Fsp3) is 0.167. The van der Waals surface area contributed by atoms with Crippen LogP contribution < -0.4 is 5.32 Å². The first-order valence-electron chi connectivity index (χ1n) is 7.66. The first kappa shape index (κ1) is 15.0. The van der Waals surface area contributed by atoms with Crippen LogP contribution in [0.2, 0.25) is 0 Å². The molecule has 0 saturated heterocycles. The van der Waals surface area contributed by atoms with Crippen LogP contribution in [0.25, 0.3) is 10.9 Å². The Kier molecular flexibility index (Phi) is 3.25. The zero-order chi connectivity index (χ0) is 16.9. The predicted molar refractivity (Wildman–Crippen MR) is 93.6 cm³/mol. The molecular formula is C18H16N2O3S. The van der Waals surface area contributed by atoms with Crippen molar-refractivity contribution in [2.45, 2.75) is 18.2 Å². The molecule has 0 unspecified atom stereocenters. The van der Waals surface area contributed by atoms with Gasteiger partial charge in [-0.15, -0.1) is 0 Å². The van der Waals surface area contributed by atoms with Crippen molar-refractivity contribution in [1.82, 2.24) is 4.98 Å². The van der Waals surface area contributed by atoms with Gasteiger partial charge >= 0.3 is 0 Å². The highest BCUT2D eigenvalue weighted by molar-refractivity contribution is 7.91. The van der Waals surface area contributed by atoms with E-state index in [-0.39, 0.29) is 11.5 Å². The van der Waals surface area contributed by atoms with Gasteiger partial charge in [-0.1, -0.05) is 0 Å².